The Morgan fingerprint density at radius 2 is 2.10 bits per heavy atom. The lowest BCUT2D eigenvalue weighted by atomic mass is 10.2. The van der Waals surface area contributed by atoms with E-state index in [0.29, 0.717) is 22.6 Å². The van der Waals surface area contributed by atoms with E-state index in [1.165, 1.54) is 37.6 Å². The van der Waals surface area contributed by atoms with Crippen LogP contribution >= 0.6 is 0 Å². The van der Waals surface area contributed by atoms with Crippen LogP contribution in [0, 0.1) is 17.1 Å². The molecule has 0 fully saturated rings. The second-order valence-electron chi connectivity index (χ2n) is 5.80. The van der Waals surface area contributed by atoms with Crippen LogP contribution in [0.2, 0.25) is 0 Å². The zero-order valence-corrected chi connectivity index (χ0v) is 15.8. The molecule has 1 N–H and O–H groups in total. The number of nitrogens with zero attached hydrogens (tertiary/aromatic N) is 6. The van der Waals surface area contributed by atoms with Crippen molar-refractivity contribution < 1.29 is 18.7 Å². The molecule has 1 aromatic heterocycles. The van der Waals surface area contributed by atoms with E-state index in [2.05, 4.69) is 25.9 Å². The lowest BCUT2D eigenvalue weighted by Crippen LogP contribution is -2.24. The van der Waals surface area contributed by atoms with Crippen molar-refractivity contribution in [2.75, 3.05) is 13.7 Å². The molecule has 0 radical (unpaired) electrons. The highest BCUT2D eigenvalue weighted by molar-refractivity contribution is 5.83. The largest absolute Gasteiger partial charge is 0.493 e. The molecule has 0 saturated heterocycles. The molecule has 0 aliphatic heterocycles. The maximum Gasteiger partial charge on any atom is 0.263 e. The van der Waals surface area contributed by atoms with E-state index < -0.39 is 5.91 Å². The summed E-state index contributed by atoms with van der Waals surface area (Å²) in [7, 11) is 1.47. The van der Waals surface area contributed by atoms with Gasteiger partial charge in [-0.05, 0) is 53.2 Å². The van der Waals surface area contributed by atoms with E-state index in [0.717, 1.165) is 4.80 Å². The number of aromatic nitrogens is 4. The molecule has 30 heavy (non-hydrogen) atoms. The average Bonchev–Trinajstić information content (AvgIpc) is 3.21. The molecule has 11 heteroatoms. The van der Waals surface area contributed by atoms with E-state index in [-0.39, 0.29) is 24.8 Å². The van der Waals surface area contributed by atoms with E-state index in [4.69, 9.17) is 14.7 Å². The summed E-state index contributed by atoms with van der Waals surface area (Å²) in [5, 5.41) is 24.2. The monoisotopic (exact) mass is 409 g/mol. The summed E-state index contributed by atoms with van der Waals surface area (Å²) in [6, 6.07) is 12.5. The van der Waals surface area contributed by atoms with Gasteiger partial charge in [0.15, 0.2) is 18.1 Å². The minimum absolute atomic E-state index is 0.0982. The van der Waals surface area contributed by atoms with Gasteiger partial charge in [0.05, 0.1) is 13.3 Å². The summed E-state index contributed by atoms with van der Waals surface area (Å²) < 4.78 is 23.4. The van der Waals surface area contributed by atoms with E-state index in [9.17, 15) is 9.18 Å². The molecule has 0 aliphatic carbocycles. The normalized spacial score (nSPS) is 10.6. The van der Waals surface area contributed by atoms with Crippen LogP contribution in [0.25, 0.3) is 11.4 Å². The molecule has 2 aromatic carbocycles. The minimum atomic E-state index is -0.463. The van der Waals surface area contributed by atoms with Crippen molar-refractivity contribution >= 4 is 12.1 Å². The zero-order chi connectivity index (χ0) is 21.3. The minimum Gasteiger partial charge on any atom is -0.493 e. The van der Waals surface area contributed by atoms with Crippen molar-refractivity contribution in [1.82, 2.24) is 25.6 Å². The van der Waals surface area contributed by atoms with Crippen molar-refractivity contribution in [1.29, 1.82) is 5.26 Å². The highest BCUT2D eigenvalue weighted by Gasteiger charge is 2.09. The van der Waals surface area contributed by atoms with E-state index >= 15 is 0 Å². The smallest absolute Gasteiger partial charge is 0.263 e. The first-order valence-electron chi connectivity index (χ1n) is 8.62. The Bertz CT molecular complexity index is 1090. The van der Waals surface area contributed by atoms with Crippen LogP contribution in [0.1, 0.15) is 5.56 Å². The number of benzene rings is 2. The van der Waals surface area contributed by atoms with Gasteiger partial charge in [0.2, 0.25) is 5.82 Å². The third-order valence-corrected chi connectivity index (χ3v) is 3.72. The molecule has 3 rings (SSSR count). The maximum absolute atomic E-state index is 13.0. The van der Waals surface area contributed by atoms with E-state index in [1.807, 2.05) is 6.07 Å². The molecule has 1 heterocycles. The number of nitrogens with one attached hydrogen (secondary N) is 1. The van der Waals surface area contributed by atoms with Gasteiger partial charge < -0.3 is 9.47 Å². The molecule has 10 nitrogen and oxygen atoms in total. The van der Waals surface area contributed by atoms with Crippen molar-refractivity contribution in [2.45, 2.75) is 6.54 Å². The van der Waals surface area contributed by atoms with Gasteiger partial charge in [-0.15, -0.1) is 10.2 Å². The molecule has 0 unspecified atom stereocenters. The topological polar surface area (TPSA) is 127 Å². The van der Waals surface area contributed by atoms with Crippen LogP contribution in [0.5, 0.6) is 11.5 Å². The summed E-state index contributed by atoms with van der Waals surface area (Å²) in [5.41, 5.74) is 3.59. The number of carbonyl (C=O) groups is 1. The number of rotatable bonds is 8. The van der Waals surface area contributed by atoms with Crippen LogP contribution in [0.4, 0.5) is 4.39 Å². The van der Waals surface area contributed by atoms with Crippen LogP contribution in [0.15, 0.2) is 47.6 Å². The summed E-state index contributed by atoms with van der Waals surface area (Å²) >= 11 is 0. The van der Waals surface area contributed by atoms with Gasteiger partial charge in [-0.2, -0.15) is 15.2 Å². The van der Waals surface area contributed by atoms with Crippen molar-refractivity contribution in [3.63, 3.8) is 0 Å². The van der Waals surface area contributed by atoms with Crippen LogP contribution in [-0.4, -0.2) is 46.0 Å². The molecule has 1 amide bonds. The number of ether oxygens (including phenoxy) is 2. The van der Waals surface area contributed by atoms with Gasteiger partial charge in [0.1, 0.15) is 18.4 Å². The number of tetrazole rings is 1. The van der Waals surface area contributed by atoms with E-state index in [1.54, 1.807) is 18.2 Å². The van der Waals surface area contributed by atoms with Crippen LogP contribution in [0.3, 0.4) is 0 Å². The predicted molar refractivity (Wildman–Crippen MR) is 103 cm³/mol. The quantitative estimate of drug-likeness (QED) is 0.441. The van der Waals surface area contributed by atoms with Crippen LogP contribution in [-0.2, 0) is 11.3 Å². The molecular formula is C19H16FN7O3. The van der Waals surface area contributed by atoms with Crippen LogP contribution < -0.4 is 14.9 Å². The first kappa shape index (κ1) is 20.4. The van der Waals surface area contributed by atoms with Gasteiger partial charge in [0.25, 0.3) is 5.91 Å². The number of amides is 1. The standard InChI is InChI=1S/C19H16FN7O3/c1-29-17-10-13(2-7-16(17)30-9-8-21)11-22-23-18(28)12-27-25-19(24-26-27)14-3-5-15(20)6-4-14/h2-7,10-11H,9,12H2,1H3,(H,23,28)/b22-11+. The molecule has 0 bridgehead atoms. The second kappa shape index (κ2) is 9.74. The Balaban J connectivity index is 1.56. The number of nitriles is 1. The molecule has 0 atom stereocenters. The fourth-order valence-electron chi connectivity index (χ4n) is 2.36. The van der Waals surface area contributed by atoms with Crippen molar-refractivity contribution in [2.24, 2.45) is 5.10 Å². The molecular weight excluding hydrogens is 393 g/mol. The maximum atomic E-state index is 13.0. The summed E-state index contributed by atoms with van der Waals surface area (Å²) in [6.07, 6.45) is 1.42. The molecule has 152 valence electrons. The molecule has 3 aromatic rings. The summed E-state index contributed by atoms with van der Waals surface area (Å²) in [6.45, 7) is -0.297. The first-order chi connectivity index (χ1) is 14.6. The number of carbonyl (C=O) groups excluding carboxylic acids is 1. The molecule has 0 aliphatic rings. The summed E-state index contributed by atoms with van der Waals surface area (Å²) in [5.74, 6) is 0.299. The third kappa shape index (κ3) is 5.35. The number of hydrazone groups is 1. The van der Waals surface area contributed by atoms with Gasteiger partial charge in [-0.25, -0.2) is 9.82 Å². The highest BCUT2D eigenvalue weighted by atomic mass is 19.1. The Morgan fingerprint density at radius 1 is 1.30 bits per heavy atom. The lowest BCUT2D eigenvalue weighted by Gasteiger charge is -2.08. The van der Waals surface area contributed by atoms with Gasteiger partial charge in [-0.1, -0.05) is 0 Å². The fraction of sp³-hybridized carbons (Fsp3) is 0.158. The number of halogens is 1. The fourth-order valence-corrected chi connectivity index (χ4v) is 2.36. The number of hydrogen-bond acceptors (Lipinski definition) is 8. The van der Waals surface area contributed by atoms with Gasteiger partial charge >= 0.3 is 0 Å². The molecule has 0 spiro atoms. The van der Waals surface area contributed by atoms with Crippen molar-refractivity contribution in [3.8, 4) is 29.0 Å². The lowest BCUT2D eigenvalue weighted by molar-refractivity contribution is -0.122. The Labute approximate surface area is 170 Å². The number of methoxy groups -OCH3 is 1. The Morgan fingerprint density at radius 3 is 2.83 bits per heavy atom. The SMILES string of the molecule is COc1cc(/C=N/NC(=O)Cn2nnc(-c3ccc(F)cc3)n2)ccc1OCC#N. The predicted octanol–water partition coefficient (Wildman–Crippen LogP) is 1.54. The highest BCUT2D eigenvalue weighted by Crippen LogP contribution is 2.27. The third-order valence-electron chi connectivity index (χ3n) is 3.72. The number of hydrogen-bond donors (Lipinski definition) is 1. The second-order valence-corrected chi connectivity index (χ2v) is 5.80. The Kier molecular flexibility index (Phi) is 6.63. The summed E-state index contributed by atoms with van der Waals surface area (Å²) in [4.78, 5) is 13.1. The van der Waals surface area contributed by atoms with Gasteiger partial charge in [0, 0.05) is 5.56 Å². The Hall–Kier alpha value is -4.33. The van der Waals surface area contributed by atoms with Gasteiger partial charge in [-0.3, -0.25) is 4.79 Å². The first-order valence-corrected chi connectivity index (χ1v) is 8.62. The molecule has 0 saturated carbocycles. The van der Waals surface area contributed by atoms with Crippen molar-refractivity contribution in [3.05, 3.63) is 53.8 Å². The average molecular weight is 409 g/mol. The zero-order valence-electron chi connectivity index (χ0n) is 15.8.